The van der Waals surface area contributed by atoms with Crippen molar-refractivity contribution >= 4 is 46.6 Å². The van der Waals surface area contributed by atoms with Gasteiger partial charge in [-0.1, -0.05) is 37.0 Å². The molecule has 2 aromatic rings. The van der Waals surface area contributed by atoms with Crippen LogP contribution in [0.25, 0.3) is 0 Å². The number of amides is 2. The molecule has 3 N–H and O–H groups in total. The number of carbonyl (C=O) groups is 2. The van der Waals surface area contributed by atoms with E-state index < -0.39 is 11.5 Å². The van der Waals surface area contributed by atoms with Crippen LogP contribution in [0.1, 0.15) is 57.8 Å². The molecule has 1 saturated heterocycles. The van der Waals surface area contributed by atoms with E-state index in [4.69, 9.17) is 38.4 Å². The van der Waals surface area contributed by atoms with Gasteiger partial charge < -0.3 is 25.4 Å². The summed E-state index contributed by atoms with van der Waals surface area (Å²) in [7, 11) is 0. The van der Waals surface area contributed by atoms with Crippen LogP contribution in [-0.4, -0.2) is 41.7 Å². The fraction of sp³-hybridized carbons (Fsp3) is 0.440. The summed E-state index contributed by atoms with van der Waals surface area (Å²) < 4.78 is 11.6. The minimum atomic E-state index is -0.538. The predicted octanol–water partition coefficient (Wildman–Crippen LogP) is 6.63. The molecule has 3 rings (SSSR count). The van der Waals surface area contributed by atoms with Gasteiger partial charge in [0, 0.05) is 36.6 Å². The topological polar surface area (TPSA) is 93.9 Å². The molecule has 2 amide bonds. The third kappa shape index (κ3) is 7.99. The van der Waals surface area contributed by atoms with Crippen LogP contribution in [0.15, 0.2) is 36.4 Å². The molecule has 0 aromatic heterocycles. The van der Waals surface area contributed by atoms with Gasteiger partial charge in [-0.2, -0.15) is 0 Å². The van der Waals surface area contributed by atoms with Crippen molar-refractivity contribution in [2.45, 2.75) is 59.2 Å². The van der Waals surface area contributed by atoms with Crippen LogP contribution in [0, 0.1) is 0 Å². The minimum Gasteiger partial charge on any atom is -0.489 e. The van der Waals surface area contributed by atoms with E-state index in [0.29, 0.717) is 58.7 Å². The summed E-state index contributed by atoms with van der Waals surface area (Å²) in [6.45, 7) is 10.5. The Hall–Kier alpha value is -2.64. The van der Waals surface area contributed by atoms with Crippen molar-refractivity contribution in [2.75, 3.05) is 24.1 Å². The molecule has 0 aliphatic carbocycles. The summed E-state index contributed by atoms with van der Waals surface area (Å²) in [5.41, 5.74) is 6.39. The summed E-state index contributed by atoms with van der Waals surface area (Å²) in [5, 5.41) is 3.51. The van der Waals surface area contributed by atoms with Gasteiger partial charge in [-0.25, -0.2) is 4.79 Å². The number of piperidine rings is 1. The molecule has 1 fully saturated rings. The van der Waals surface area contributed by atoms with Crippen LogP contribution in [0.4, 0.5) is 16.2 Å². The maximum Gasteiger partial charge on any atom is 0.410 e. The van der Waals surface area contributed by atoms with Crippen LogP contribution >= 0.6 is 23.2 Å². The van der Waals surface area contributed by atoms with Crippen molar-refractivity contribution in [2.24, 2.45) is 0 Å². The molecule has 7 nitrogen and oxygen atoms in total. The zero-order valence-electron chi connectivity index (χ0n) is 20.3. The van der Waals surface area contributed by atoms with E-state index in [1.807, 2.05) is 34.6 Å². The quantitative estimate of drug-likeness (QED) is 0.450. The Kier molecular flexibility index (Phi) is 9.89. The average molecular weight is 510 g/mol. The number of rotatable bonds is 4. The highest BCUT2D eigenvalue weighted by Gasteiger charge is 2.28. The smallest absolute Gasteiger partial charge is 0.410 e. The monoisotopic (exact) mass is 509 g/mol. The third-order valence-electron chi connectivity index (χ3n) is 4.81. The molecule has 34 heavy (non-hydrogen) atoms. The molecule has 0 atom stereocenters. The van der Waals surface area contributed by atoms with Crippen LogP contribution < -0.4 is 15.8 Å². The number of benzene rings is 2. The van der Waals surface area contributed by atoms with Gasteiger partial charge in [-0.05, 0) is 57.2 Å². The van der Waals surface area contributed by atoms with Crippen molar-refractivity contribution in [3.05, 3.63) is 52.0 Å². The Morgan fingerprint density at radius 1 is 1.06 bits per heavy atom. The number of likely N-dealkylation sites (tertiary alicyclic amines) is 1. The second-order valence-corrected chi connectivity index (χ2v) is 9.46. The van der Waals surface area contributed by atoms with Gasteiger partial charge in [0.25, 0.3) is 5.91 Å². The molecule has 186 valence electrons. The fourth-order valence-electron chi connectivity index (χ4n) is 3.27. The van der Waals surface area contributed by atoms with E-state index in [1.165, 1.54) is 0 Å². The molecule has 0 spiro atoms. The Labute approximate surface area is 211 Å². The maximum absolute atomic E-state index is 12.9. The maximum atomic E-state index is 12.9. The number of carbonyl (C=O) groups excluding carboxylic acids is 2. The van der Waals surface area contributed by atoms with Gasteiger partial charge in [0.2, 0.25) is 0 Å². The first-order valence-electron chi connectivity index (χ1n) is 11.3. The van der Waals surface area contributed by atoms with E-state index >= 15 is 0 Å². The molecular formula is C25H33Cl2N3O4. The minimum absolute atomic E-state index is 0.151. The summed E-state index contributed by atoms with van der Waals surface area (Å²) in [5.74, 6) is 0.00884. The number of nitrogens with two attached hydrogens (primary N) is 1. The number of nitrogens with one attached hydrogen (secondary N) is 1. The average Bonchev–Trinajstić information content (AvgIpc) is 2.77. The summed E-state index contributed by atoms with van der Waals surface area (Å²) >= 11 is 12.3. The van der Waals surface area contributed by atoms with Gasteiger partial charge in [0.1, 0.15) is 17.5 Å². The van der Waals surface area contributed by atoms with Crippen molar-refractivity contribution in [3.8, 4) is 5.75 Å². The molecule has 0 unspecified atom stereocenters. The Morgan fingerprint density at radius 2 is 1.71 bits per heavy atom. The van der Waals surface area contributed by atoms with Crippen molar-refractivity contribution in [3.63, 3.8) is 0 Å². The van der Waals surface area contributed by atoms with Crippen LogP contribution in [0.2, 0.25) is 10.0 Å². The molecule has 9 heteroatoms. The molecular weight excluding hydrogens is 477 g/mol. The Bertz CT molecular complexity index is 1000. The third-order valence-corrected chi connectivity index (χ3v) is 5.36. The molecule has 1 aliphatic rings. The molecule has 0 bridgehead atoms. The van der Waals surface area contributed by atoms with E-state index in [0.717, 1.165) is 0 Å². The highest BCUT2D eigenvalue weighted by atomic mass is 35.5. The first-order chi connectivity index (χ1) is 16.0. The summed E-state index contributed by atoms with van der Waals surface area (Å²) in [4.78, 5) is 26.9. The van der Waals surface area contributed by atoms with E-state index in [-0.39, 0.29) is 12.2 Å². The lowest BCUT2D eigenvalue weighted by molar-refractivity contribution is 0.0126. The number of anilines is 2. The highest BCUT2D eigenvalue weighted by molar-refractivity contribution is 6.34. The number of hydrogen-bond acceptors (Lipinski definition) is 5. The van der Waals surface area contributed by atoms with E-state index in [2.05, 4.69) is 5.32 Å². The van der Waals surface area contributed by atoms with Crippen LogP contribution in [-0.2, 0) is 4.74 Å². The summed E-state index contributed by atoms with van der Waals surface area (Å²) in [6, 6.07) is 9.72. The molecule has 0 radical (unpaired) electrons. The highest BCUT2D eigenvalue weighted by Crippen LogP contribution is 2.29. The number of hydrogen-bond donors (Lipinski definition) is 2. The van der Waals surface area contributed by atoms with E-state index in [1.54, 1.807) is 41.3 Å². The Morgan fingerprint density at radius 3 is 2.29 bits per heavy atom. The Balaban J connectivity index is 0.00000199. The van der Waals surface area contributed by atoms with Crippen LogP contribution in [0.5, 0.6) is 5.75 Å². The standard InChI is InChI=1S/C23H27Cl2N3O4.C2H6/c1-23(2,3)32-22(30)28-10-8-16(9-11-28)31-20-7-4-14(24)12-17(20)21(29)27-19-6-5-15(26)13-18(19)25;1-2/h4-7,12-13,16H,8-11,26H2,1-3H3,(H,27,29);1-2H3. The lowest BCUT2D eigenvalue weighted by atomic mass is 10.1. The molecule has 1 aliphatic heterocycles. The fourth-order valence-corrected chi connectivity index (χ4v) is 3.68. The SMILES string of the molecule is CC.CC(C)(C)OC(=O)N1CCC(Oc2ccc(Cl)cc2C(=O)Nc2ccc(N)cc2Cl)CC1. The lowest BCUT2D eigenvalue weighted by Crippen LogP contribution is -2.44. The number of ether oxygens (including phenoxy) is 2. The number of halogens is 2. The molecule has 1 heterocycles. The van der Waals surface area contributed by atoms with E-state index in [9.17, 15) is 9.59 Å². The van der Waals surface area contributed by atoms with Crippen molar-refractivity contribution < 1.29 is 19.1 Å². The second kappa shape index (κ2) is 12.2. The number of nitrogen functional groups attached to an aromatic ring is 1. The first kappa shape index (κ1) is 27.6. The van der Waals surface area contributed by atoms with Gasteiger partial charge in [-0.3, -0.25) is 4.79 Å². The summed E-state index contributed by atoms with van der Waals surface area (Å²) in [6.07, 6.45) is 0.754. The molecule has 0 saturated carbocycles. The van der Waals surface area contributed by atoms with Gasteiger partial charge >= 0.3 is 6.09 Å². The van der Waals surface area contributed by atoms with Crippen molar-refractivity contribution in [1.29, 1.82) is 0 Å². The predicted molar refractivity (Wildman–Crippen MR) is 138 cm³/mol. The van der Waals surface area contributed by atoms with Crippen molar-refractivity contribution in [1.82, 2.24) is 4.90 Å². The number of nitrogens with zero attached hydrogens (tertiary/aromatic N) is 1. The normalized spacial score (nSPS) is 14.0. The largest absolute Gasteiger partial charge is 0.489 e. The van der Waals surface area contributed by atoms with Gasteiger partial charge in [-0.15, -0.1) is 0 Å². The van der Waals surface area contributed by atoms with Gasteiger partial charge in [0.05, 0.1) is 16.3 Å². The lowest BCUT2D eigenvalue weighted by Gasteiger charge is -2.33. The first-order valence-corrected chi connectivity index (χ1v) is 12.1. The molecule has 2 aromatic carbocycles. The second-order valence-electron chi connectivity index (χ2n) is 8.62. The van der Waals surface area contributed by atoms with Crippen LogP contribution in [0.3, 0.4) is 0 Å². The zero-order chi connectivity index (χ0) is 25.5. The zero-order valence-corrected chi connectivity index (χ0v) is 21.8. The van der Waals surface area contributed by atoms with Gasteiger partial charge in [0.15, 0.2) is 0 Å².